The maximum absolute atomic E-state index is 11.9. The van der Waals surface area contributed by atoms with Crippen molar-refractivity contribution in [2.45, 2.75) is 6.42 Å². The number of benzene rings is 2. The van der Waals surface area contributed by atoms with E-state index in [1.54, 1.807) is 18.2 Å². The number of ketones is 1. The highest BCUT2D eigenvalue weighted by atomic mass is 79.9. The number of hydrogen-bond donors (Lipinski definition) is 0. The van der Waals surface area contributed by atoms with Gasteiger partial charge < -0.3 is 4.74 Å². The molecule has 2 aromatic carbocycles. The lowest BCUT2D eigenvalue weighted by molar-refractivity contribution is -0.141. The summed E-state index contributed by atoms with van der Waals surface area (Å²) >= 11 is 6.63. The van der Waals surface area contributed by atoms with Crippen LogP contribution >= 0.6 is 31.9 Å². The molecule has 2 aromatic rings. The quantitative estimate of drug-likeness (QED) is 0.547. The summed E-state index contributed by atoms with van der Waals surface area (Å²) in [6.07, 6.45) is 0.152. The van der Waals surface area contributed by atoms with Gasteiger partial charge in [-0.1, -0.05) is 56.1 Å². The molecule has 0 spiro atoms. The molecule has 5 heteroatoms. The number of hydrogen-bond acceptors (Lipinski definition) is 3. The van der Waals surface area contributed by atoms with Gasteiger partial charge in [0.25, 0.3) is 0 Å². The molecule has 0 heterocycles. The molecule has 3 nitrogen and oxygen atoms in total. The van der Waals surface area contributed by atoms with Gasteiger partial charge in [0.15, 0.2) is 12.4 Å². The van der Waals surface area contributed by atoms with E-state index in [2.05, 4.69) is 31.9 Å². The molecular weight excluding hydrogens is 400 g/mol. The third-order valence-corrected chi connectivity index (χ3v) is 3.79. The molecular formula is C16H12Br2O3. The third kappa shape index (κ3) is 5.10. The average molecular weight is 412 g/mol. The van der Waals surface area contributed by atoms with E-state index in [0.717, 1.165) is 14.5 Å². The van der Waals surface area contributed by atoms with Crippen molar-refractivity contribution in [1.82, 2.24) is 0 Å². The number of esters is 1. The Morgan fingerprint density at radius 2 is 1.67 bits per heavy atom. The van der Waals surface area contributed by atoms with Crippen LogP contribution in [-0.2, 0) is 16.0 Å². The lowest BCUT2D eigenvalue weighted by Crippen LogP contribution is -2.15. The van der Waals surface area contributed by atoms with Gasteiger partial charge in [0, 0.05) is 14.5 Å². The molecule has 0 saturated carbocycles. The molecule has 0 radical (unpaired) electrons. The van der Waals surface area contributed by atoms with Crippen molar-refractivity contribution < 1.29 is 14.3 Å². The molecule has 0 unspecified atom stereocenters. The number of Topliss-reactive ketones (excluding diaryl/α,β-unsaturated/α-hetero) is 1. The van der Waals surface area contributed by atoms with E-state index >= 15 is 0 Å². The standard InChI is InChI=1S/C16H12Br2O3/c17-13-6-4-11(5-7-13)8-16(20)21-10-15(19)12-2-1-3-14(18)9-12/h1-7,9H,8,10H2. The monoisotopic (exact) mass is 410 g/mol. The van der Waals surface area contributed by atoms with E-state index in [0.29, 0.717) is 5.56 Å². The van der Waals surface area contributed by atoms with E-state index in [9.17, 15) is 9.59 Å². The van der Waals surface area contributed by atoms with Gasteiger partial charge in [-0.05, 0) is 29.8 Å². The van der Waals surface area contributed by atoms with Crippen LogP contribution in [0, 0.1) is 0 Å². The molecule has 0 amide bonds. The van der Waals surface area contributed by atoms with Gasteiger partial charge in [0.2, 0.25) is 0 Å². The van der Waals surface area contributed by atoms with Crippen LogP contribution in [-0.4, -0.2) is 18.4 Å². The number of carbonyl (C=O) groups is 2. The zero-order chi connectivity index (χ0) is 15.2. The molecule has 0 atom stereocenters. The summed E-state index contributed by atoms with van der Waals surface area (Å²) in [5, 5.41) is 0. The van der Waals surface area contributed by atoms with Crippen LogP contribution in [0.5, 0.6) is 0 Å². The van der Waals surface area contributed by atoms with Crippen LogP contribution in [0.15, 0.2) is 57.5 Å². The van der Waals surface area contributed by atoms with Crippen LogP contribution in [0.4, 0.5) is 0 Å². The molecule has 0 aliphatic carbocycles. The van der Waals surface area contributed by atoms with Crippen LogP contribution in [0.1, 0.15) is 15.9 Å². The Morgan fingerprint density at radius 3 is 2.33 bits per heavy atom. The van der Waals surface area contributed by atoms with Crippen LogP contribution < -0.4 is 0 Å². The first-order chi connectivity index (χ1) is 10.0. The second-order valence-electron chi connectivity index (χ2n) is 4.40. The summed E-state index contributed by atoms with van der Waals surface area (Å²) in [6, 6.07) is 14.4. The van der Waals surface area contributed by atoms with Crippen molar-refractivity contribution >= 4 is 43.6 Å². The first kappa shape index (κ1) is 15.9. The Morgan fingerprint density at radius 1 is 0.952 bits per heavy atom. The third-order valence-electron chi connectivity index (χ3n) is 2.77. The summed E-state index contributed by atoms with van der Waals surface area (Å²) in [6.45, 7) is -0.244. The minimum atomic E-state index is -0.416. The largest absolute Gasteiger partial charge is 0.457 e. The van der Waals surface area contributed by atoms with Gasteiger partial charge in [-0.25, -0.2) is 0 Å². The minimum Gasteiger partial charge on any atom is -0.457 e. The van der Waals surface area contributed by atoms with Crippen molar-refractivity contribution in [3.63, 3.8) is 0 Å². The van der Waals surface area contributed by atoms with Gasteiger partial charge >= 0.3 is 5.97 Å². The van der Waals surface area contributed by atoms with Crippen LogP contribution in [0.2, 0.25) is 0 Å². The van der Waals surface area contributed by atoms with Crippen molar-refractivity contribution in [1.29, 1.82) is 0 Å². The van der Waals surface area contributed by atoms with Crippen LogP contribution in [0.3, 0.4) is 0 Å². The SMILES string of the molecule is O=C(Cc1ccc(Br)cc1)OCC(=O)c1cccc(Br)c1. The Hall–Kier alpha value is -1.46. The highest BCUT2D eigenvalue weighted by Gasteiger charge is 2.10. The molecule has 21 heavy (non-hydrogen) atoms. The minimum absolute atomic E-state index is 0.152. The van der Waals surface area contributed by atoms with Crippen molar-refractivity contribution in [3.8, 4) is 0 Å². The molecule has 0 aliphatic rings. The Kier molecular flexibility index (Phi) is 5.70. The lowest BCUT2D eigenvalue weighted by atomic mass is 10.1. The summed E-state index contributed by atoms with van der Waals surface area (Å²) in [7, 11) is 0. The number of halogens is 2. The zero-order valence-corrected chi connectivity index (χ0v) is 14.2. The van der Waals surface area contributed by atoms with Gasteiger partial charge in [0.05, 0.1) is 6.42 Å². The Balaban J connectivity index is 1.86. The fourth-order valence-electron chi connectivity index (χ4n) is 1.71. The predicted molar refractivity (Wildman–Crippen MR) is 87.3 cm³/mol. The summed E-state index contributed by atoms with van der Waals surface area (Å²) in [5.74, 6) is -0.638. The number of carbonyl (C=O) groups excluding carboxylic acids is 2. The highest BCUT2D eigenvalue weighted by Crippen LogP contribution is 2.13. The van der Waals surface area contributed by atoms with Crippen molar-refractivity contribution in [3.05, 3.63) is 68.6 Å². The molecule has 108 valence electrons. The second kappa shape index (κ2) is 7.52. The predicted octanol–water partition coefficient (Wildman–Crippen LogP) is 4.18. The van der Waals surface area contributed by atoms with Crippen molar-refractivity contribution in [2.24, 2.45) is 0 Å². The van der Waals surface area contributed by atoms with Gasteiger partial charge in [-0.3, -0.25) is 9.59 Å². The van der Waals surface area contributed by atoms with Crippen LogP contribution in [0.25, 0.3) is 0 Å². The summed E-state index contributed by atoms with van der Waals surface area (Å²) in [4.78, 5) is 23.6. The van der Waals surface area contributed by atoms with E-state index in [1.807, 2.05) is 30.3 Å². The normalized spacial score (nSPS) is 10.2. The number of rotatable bonds is 5. The molecule has 0 fully saturated rings. The van der Waals surface area contributed by atoms with E-state index < -0.39 is 5.97 Å². The average Bonchev–Trinajstić information content (AvgIpc) is 2.47. The summed E-state index contributed by atoms with van der Waals surface area (Å²) in [5.41, 5.74) is 1.36. The molecule has 0 N–H and O–H groups in total. The zero-order valence-electron chi connectivity index (χ0n) is 11.0. The maximum Gasteiger partial charge on any atom is 0.310 e. The lowest BCUT2D eigenvalue weighted by Gasteiger charge is -2.05. The second-order valence-corrected chi connectivity index (χ2v) is 6.23. The summed E-state index contributed by atoms with van der Waals surface area (Å²) < 4.78 is 6.78. The fourth-order valence-corrected chi connectivity index (χ4v) is 2.37. The van der Waals surface area contributed by atoms with E-state index in [4.69, 9.17) is 4.74 Å². The van der Waals surface area contributed by atoms with E-state index in [-0.39, 0.29) is 18.8 Å². The molecule has 0 saturated heterocycles. The first-order valence-corrected chi connectivity index (χ1v) is 7.82. The van der Waals surface area contributed by atoms with Crippen molar-refractivity contribution in [2.75, 3.05) is 6.61 Å². The molecule has 0 bridgehead atoms. The molecule has 0 aliphatic heterocycles. The Labute approximate surface area is 139 Å². The molecule has 2 rings (SSSR count). The van der Waals surface area contributed by atoms with Gasteiger partial charge in [0.1, 0.15) is 0 Å². The van der Waals surface area contributed by atoms with Gasteiger partial charge in [-0.2, -0.15) is 0 Å². The Bertz CT molecular complexity index is 651. The first-order valence-electron chi connectivity index (χ1n) is 6.23. The maximum atomic E-state index is 11.9. The fraction of sp³-hybridized carbons (Fsp3) is 0.125. The molecule has 0 aromatic heterocycles. The van der Waals surface area contributed by atoms with E-state index in [1.165, 1.54) is 0 Å². The number of ether oxygens (including phenoxy) is 1. The van der Waals surface area contributed by atoms with Gasteiger partial charge in [-0.15, -0.1) is 0 Å². The highest BCUT2D eigenvalue weighted by molar-refractivity contribution is 9.10. The smallest absolute Gasteiger partial charge is 0.310 e. The topological polar surface area (TPSA) is 43.4 Å².